The molecule has 2 aromatic carbocycles. The number of carbonyl (C=O) groups excluding carboxylic acids is 2. The van der Waals surface area contributed by atoms with Crippen LogP contribution >= 0.6 is 0 Å². The van der Waals surface area contributed by atoms with Crippen LogP contribution in [0.5, 0.6) is 0 Å². The Morgan fingerprint density at radius 3 is 2.27 bits per heavy atom. The molecule has 0 saturated carbocycles. The van der Waals surface area contributed by atoms with E-state index in [2.05, 4.69) is 26.0 Å². The van der Waals surface area contributed by atoms with Gasteiger partial charge in [0.1, 0.15) is 6.10 Å². The standard InChI is InChI=1S/C22H25NO3/c1-15(2)13-17-9-11-18(12-10-17)14-20(24)23-16(3)21(26-22(23)25)19-7-5-4-6-8-19/h4-12,15-16,21H,13-14H2,1-3H3/t16-,21-/m1/s1. The maximum atomic E-state index is 12.7. The van der Waals surface area contributed by atoms with Crippen molar-refractivity contribution in [3.63, 3.8) is 0 Å². The molecule has 1 aliphatic heterocycles. The number of carbonyl (C=O) groups is 2. The van der Waals surface area contributed by atoms with Gasteiger partial charge in [-0.1, -0.05) is 68.4 Å². The molecule has 0 N–H and O–H groups in total. The molecule has 1 saturated heterocycles. The maximum absolute atomic E-state index is 12.7. The van der Waals surface area contributed by atoms with Gasteiger partial charge in [0.2, 0.25) is 5.91 Å². The predicted molar refractivity (Wildman–Crippen MR) is 101 cm³/mol. The van der Waals surface area contributed by atoms with Gasteiger partial charge in [-0.05, 0) is 36.0 Å². The van der Waals surface area contributed by atoms with Gasteiger partial charge < -0.3 is 4.74 Å². The minimum Gasteiger partial charge on any atom is -0.439 e. The third kappa shape index (κ3) is 3.96. The van der Waals surface area contributed by atoms with Crippen molar-refractivity contribution < 1.29 is 14.3 Å². The molecule has 0 radical (unpaired) electrons. The summed E-state index contributed by atoms with van der Waals surface area (Å²) in [6.07, 6.45) is 0.236. The molecule has 1 heterocycles. The van der Waals surface area contributed by atoms with E-state index in [1.807, 2.05) is 49.4 Å². The number of cyclic esters (lactones) is 1. The first-order valence-corrected chi connectivity index (χ1v) is 9.11. The molecule has 4 nitrogen and oxygen atoms in total. The summed E-state index contributed by atoms with van der Waals surface area (Å²) in [5, 5.41) is 0. The number of rotatable bonds is 5. The monoisotopic (exact) mass is 351 g/mol. The molecule has 3 rings (SSSR count). The van der Waals surface area contributed by atoms with Crippen LogP contribution in [0.3, 0.4) is 0 Å². The summed E-state index contributed by atoms with van der Waals surface area (Å²) in [4.78, 5) is 26.2. The van der Waals surface area contributed by atoms with Crippen molar-refractivity contribution in [2.45, 2.75) is 45.8 Å². The molecule has 136 valence electrons. The zero-order valence-corrected chi connectivity index (χ0v) is 15.5. The van der Waals surface area contributed by atoms with E-state index in [0.29, 0.717) is 5.92 Å². The van der Waals surface area contributed by atoms with Crippen molar-refractivity contribution in [3.8, 4) is 0 Å². The summed E-state index contributed by atoms with van der Waals surface area (Å²) in [6, 6.07) is 17.3. The van der Waals surface area contributed by atoms with Gasteiger partial charge in [0.25, 0.3) is 0 Å². The third-order valence-corrected chi connectivity index (χ3v) is 4.69. The van der Waals surface area contributed by atoms with Gasteiger partial charge in [-0.25, -0.2) is 9.69 Å². The largest absolute Gasteiger partial charge is 0.439 e. The summed E-state index contributed by atoms with van der Waals surface area (Å²) in [5.74, 6) is 0.371. The molecule has 2 amide bonds. The lowest BCUT2D eigenvalue weighted by molar-refractivity contribution is -0.128. The van der Waals surface area contributed by atoms with Gasteiger partial charge >= 0.3 is 6.09 Å². The van der Waals surface area contributed by atoms with Gasteiger partial charge in [-0.15, -0.1) is 0 Å². The SMILES string of the molecule is CC(C)Cc1ccc(CC(=O)N2C(=O)O[C@@H](c3ccccc3)[C@H]2C)cc1. The van der Waals surface area contributed by atoms with E-state index in [-0.39, 0.29) is 18.4 Å². The Morgan fingerprint density at radius 1 is 1.04 bits per heavy atom. The highest BCUT2D eigenvalue weighted by Gasteiger charge is 2.43. The van der Waals surface area contributed by atoms with Gasteiger partial charge in [0.15, 0.2) is 0 Å². The van der Waals surface area contributed by atoms with E-state index < -0.39 is 12.2 Å². The van der Waals surface area contributed by atoms with E-state index in [9.17, 15) is 9.59 Å². The maximum Gasteiger partial charge on any atom is 0.417 e. The van der Waals surface area contributed by atoms with E-state index in [1.54, 1.807) is 0 Å². The van der Waals surface area contributed by atoms with Crippen molar-refractivity contribution >= 4 is 12.0 Å². The number of hydrogen-bond acceptors (Lipinski definition) is 3. The van der Waals surface area contributed by atoms with Crippen LogP contribution in [0, 0.1) is 5.92 Å². The number of ether oxygens (including phenoxy) is 1. The zero-order chi connectivity index (χ0) is 18.7. The van der Waals surface area contributed by atoms with Crippen molar-refractivity contribution in [2.24, 2.45) is 5.92 Å². The average Bonchev–Trinajstić information content (AvgIpc) is 2.91. The lowest BCUT2D eigenvalue weighted by atomic mass is 10.0. The topological polar surface area (TPSA) is 46.6 Å². The molecule has 1 aliphatic rings. The molecule has 26 heavy (non-hydrogen) atoms. The summed E-state index contributed by atoms with van der Waals surface area (Å²) >= 11 is 0. The van der Waals surface area contributed by atoms with Gasteiger partial charge in [-0.2, -0.15) is 0 Å². The highest BCUT2D eigenvalue weighted by Crippen LogP contribution is 2.32. The summed E-state index contributed by atoms with van der Waals surface area (Å²) in [5.41, 5.74) is 3.07. The number of amides is 2. The van der Waals surface area contributed by atoms with E-state index in [1.165, 1.54) is 10.5 Å². The van der Waals surface area contributed by atoms with Crippen molar-refractivity contribution in [1.82, 2.24) is 4.90 Å². The molecule has 4 heteroatoms. The molecule has 2 atom stereocenters. The Morgan fingerprint density at radius 2 is 1.65 bits per heavy atom. The number of imide groups is 1. The summed E-state index contributed by atoms with van der Waals surface area (Å²) in [7, 11) is 0. The van der Waals surface area contributed by atoms with Gasteiger partial charge in [-0.3, -0.25) is 4.79 Å². The van der Waals surface area contributed by atoms with Crippen LogP contribution < -0.4 is 0 Å². The molecule has 0 unspecified atom stereocenters. The highest BCUT2D eigenvalue weighted by molar-refractivity contribution is 5.94. The second kappa shape index (κ2) is 7.73. The Kier molecular flexibility index (Phi) is 5.40. The minimum absolute atomic E-state index is 0.197. The summed E-state index contributed by atoms with van der Waals surface area (Å²) in [6.45, 7) is 6.22. The molecule has 0 bridgehead atoms. The first kappa shape index (κ1) is 18.2. The molecule has 1 fully saturated rings. The minimum atomic E-state index is -0.562. The normalized spacial score (nSPS) is 19.7. The highest BCUT2D eigenvalue weighted by atomic mass is 16.6. The first-order chi connectivity index (χ1) is 12.5. The van der Waals surface area contributed by atoms with Crippen LogP contribution in [0.15, 0.2) is 54.6 Å². The van der Waals surface area contributed by atoms with Crippen LogP contribution in [-0.4, -0.2) is 22.9 Å². The van der Waals surface area contributed by atoms with Crippen LogP contribution in [0.25, 0.3) is 0 Å². The zero-order valence-electron chi connectivity index (χ0n) is 15.5. The second-order valence-corrected chi connectivity index (χ2v) is 7.31. The molecular weight excluding hydrogens is 326 g/mol. The Labute approximate surface area is 154 Å². The van der Waals surface area contributed by atoms with Crippen LogP contribution in [0.1, 0.15) is 43.6 Å². The fourth-order valence-corrected chi connectivity index (χ4v) is 3.41. The van der Waals surface area contributed by atoms with Crippen LogP contribution in [-0.2, 0) is 22.4 Å². The van der Waals surface area contributed by atoms with Crippen LogP contribution in [0.2, 0.25) is 0 Å². The third-order valence-electron chi connectivity index (χ3n) is 4.69. The molecule has 0 aromatic heterocycles. The van der Waals surface area contributed by atoms with Crippen molar-refractivity contribution in [1.29, 1.82) is 0 Å². The lowest BCUT2D eigenvalue weighted by Gasteiger charge is -2.19. The quantitative estimate of drug-likeness (QED) is 0.795. The molecule has 0 aliphatic carbocycles. The Bertz CT molecular complexity index is 768. The first-order valence-electron chi connectivity index (χ1n) is 9.11. The van der Waals surface area contributed by atoms with Crippen molar-refractivity contribution in [3.05, 3.63) is 71.3 Å². The van der Waals surface area contributed by atoms with Gasteiger partial charge in [0, 0.05) is 0 Å². The van der Waals surface area contributed by atoms with E-state index >= 15 is 0 Å². The molecule has 2 aromatic rings. The van der Waals surface area contributed by atoms with E-state index in [4.69, 9.17) is 4.74 Å². The number of hydrogen-bond donors (Lipinski definition) is 0. The van der Waals surface area contributed by atoms with E-state index in [0.717, 1.165) is 17.5 Å². The van der Waals surface area contributed by atoms with Crippen molar-refractivity contribution in [2.75, 3.05) is 0 Å². The molecule has 0 spiro atoms. The molecular formula is C22H25NO3. The Hall–Kier alpha value is -2.62. The number of benzene rings is 2. The predicted octanol–water partition coefficient (Wildman–Crippen LogP) is 4.54. The fourth-order valence-electron chi connectivity index (χ4n) is 3.41. The number of nitrogens with zero attached hydrogens (tertiary/aromatic N) is 1. The Balaban J connectivity index is 1.68. The smallest absolute Gasteiger partial charge is 0.417 e. The lowest BCUT2D eigenvalue weighted by Crippen LogP contribution is -2.38. The van der Waals surface area contributed by atoms with Crippen LogP contribution in [0.4, 0.5) is 4.79 Å². The fraction of sp³-hybridized carbons (Fsp3) is 0.364. The average molecular weight is 351 g/mol. The summed E-state index contributed by atoms with van der Waals surface area (Å²) < 4.78 is 5.46. The van der Waals surface area contributed by atoms with Gasteiger partial charge in [0.05, 0.1) is 12.5 Å². The second-order valence-electron chi connectivity index (χ2n) is 7.31.